The smallest absolute Gasteiger partial charge is 0.123 e. The number of hydrogen-bond donors (Lipinski definition) is 2. The summed E-state index contributed by atoms with van der Waals surface area (Å²) in [4.78, 5) is 2.32. The molecule has 2 aromatic carbocycles. The number of benzene rings is 2. The first-order valence-corrected chi connectivity index (χ1v) is 9.18. The number of phenolic OH excluding ortho intramolecular Hbond substituents is 1. The second kappa shape index (κ2) is 7.25. The van der Waals surface area contributed by atoms with E-state index >= 15 is 0 Å². The van der Waals surface area contributed by atoms with Crippen molar-refractivity contribution in [2.45, 2.75) is 25.0 Å². The number of halogens is 1. The Hall–Kier alpha value is -2.11. The third kappa shape index (κ3) is 3.84. The van der Waals surface area contributed by atoms with Crippen molar-refractivity contribution in [2.24, 2.45) is 11.8 Å². The molecule has 4 nitrogen and oxygen atoms in total. The summed E-state index contributed by atoms with van der Waals surface area (Å²) in [7, 11) is 0. The number of nitrogens with zero attached hydrogens (tertiary/aromatic N) is 1. The Morgan fingerprint density at radius 1 is 1.00 bits per heavy atom. The van der Waals surface area contributed by atoms with Crippen molar-refractivity contribution >= 4 is 0 Å². The van der Waals surface area contributed by atoms with Crippen molar-refractivity contribution in [3.63, 3.8) is 0 Å². The minimum absolute atomic E-state index is 0.194. The maximum Gasteiger partial charge on any atom is 0.123 e. The fraction of sp³-hybridized carbons (Fsp3) is 0.429. The average Bonchev–Trinajstić information content (AvgIpc) is 3.15. The Kier molecular flexibility index (Phi) is 4.83. The maximum absolute atomic E-state index is 13.0. The van der Waals surface area contributed by atoms with E-state index in [0.29, 0.717) is 18.4 Å². The fourth-order valence-corrected chi connectivity index (χ4v) is 4.34. The quantitative estimate of drug-likeness (QED) is 0.862. The lowest BCUT2D eigenvalue weighted by atomic mass is 10.0. The van der Waals surface area contributed by atoms with Gasteiger partial charge in [0.2, 0.25) is 0 Å². The van der Waals surface area contributed by atoms with Crippen LogP contribution < -0.4 is 4.74 Å². The van der Waals surface area contributed by atoms with E-state index in [1.54, 1.807) is 36.4 Å². The van der Waals surface area contributed by atoms with E-state index in [1.807, 2.05) is 0 Å². The van der Waals surface area contributed by atoms with Crippen molar-refractivity contribution in [3.8, 4) is 11.5 Å². The molecule has 0 spiro atoms. The molecule has 0 radical (unpaired) electrons. The first-order chi connectivity index (χ1) is 12.6. The Labute approximate surface area is 152 Å². The van der Waals surface area contributed by atoms with Crippen molar-refractivity contribution in [3.05, 3.63) is 59.9 Å². The van der Waals surface area contributed by atoms with Gasteiger partial charge in [-0.3, -0.25) is 4.90 Å². The summed E-state index contributed by atoms with van der Waals surface area (Å²) in [5.41, 5.74) is 0.831. The van der Waals surface area contributed by atoms with Crippen molar-refractivity contribution < 1.29 is 19.3 Å². The lowest BCUT2D eigenvalue weighted by Gasteiger charge is -2.22. The second-order valence-corrected chi connectivity index (χ2v) is 7.51. The SMILES string of the molecule is Oc1ccc(C(O)CN2C[C@H]3CC(Oc4ccc(F)cc4)C[C@H]3C2)cc1. The molecule has 26 heavy (non-hydrogen) atoms. The number of fused-ring (bicyclic) bond motifs is 1. The van der Waals surface area contributed by atoms with Gasteiger partial charge < -0.3 is 14.9 Å². The monoisotopic (exact) mass is 357 g/mol. The van der Waals surface area contributed by atoms with Crippen LogP contribution in [0.15, 0.2) is 48.5 Å². The molecule has 1 aliphatic carbocycles. The van der Waals surface area contributed by atoms with Gasteiger partial charge in [0.15, 0.2) is 0 Å². The summed E-state index contributed by atoms with van der Waals surface area (Å²) in [6, 6.07) is 13.0. The van der Waals surface area contributed by atoms with Crippen LogP contribution >= 0.6 is 0 Å². The molecule has 2 aromatic rings. The Morgan fingerprint density at radius 2 is 1.62 bits per heavy atom. The molecule has 5 heteroatoms. The van der Waals surface area contributed by atoms with E-state index in [9.17, 15) is 14.6 Å². The molecule has 1 saturated heterocycles. The van der Waals surface area contributed by atoms with Gasteiger partial charge in [0.05, 0.1) is 12.2 Å². The van der Waals surface area contributed by atoms with Crippen molar-refractivity contribution in [1.82, 2.24) is 4.90 Å². The van der Waals surface area contributed by atoms with Gasteiger partial charge in [0.25, 0.3) is 0 Å². The van der Waals surface area contributed by atoms with Crippen LogP contribution in [-0.2, 0) is 0 Å². The average molecular weight is 357 g/mol. The van der Waals surface area contributed by atoms with Gasteiger partial charge in [0, 0.05) is 19.6 Å². The Morgan fingerprint density at radius 3 is 2.23 bits per heavy atom. The molecule has 1 saturated carbocycles. The van der Waals surface area contributed by atoms with Crippen LogP contribution in [0.4, 0.5) is 4.39 Å². The molecule has 138 valence electrons. The topological polar surface area (TPSA) is 52.9 Å². The molecule has 2 unspecified atom stereocenters. The zero-order valence-corrected chi connectivity index (χ0v) is 14.6. The molecule has 1 heterocycles. The molecule has 0 amide bonds. The van der Waals surface area contributed by atoms with Crippen LogP contribution in [0.1, 0.15) is 24.5 Å². The third-order valence-electron chi connectivity index (χ3n) is 5.61. The van der Waals surface area contributed by atoms with E-state index in [0.717, 1.165) is 37.2 Å². The predicted molar refractivity (Wildman–Crippen MR) is 96.5 cm³/mol. The van der Waals surface area contributed by atoms with E-state index in [1.165, 1.54) is 12.1 Å². The first kappa shape index (κ1) is 17.3. The molecule has 4 rings (SSSR count). The summed E-state index contributed by atoms with van der Waals surface area (Å²) >= 11 is 0. The second-order valence-electron chi connectivity index (χ2n) is 7.51. The maximum atomic E-state index is 13.0. The van der Waals surface area contributed by atoms with E-state index < -0.39 is 6.10 Å². The van der Waals surface area contributed by atoms with Gasteiger partial charge in [-0.15, -0.1) is 0 Å². The molecule has 2 fully saturated rings. The number of aliphatic hydroxyl groups is 1. The Bertz CT molecular complexity index is 720. The number of rotatable bonds is 5. The van der Waals surface area contributed by atoms with Gasteiger partial charge in [0.1, 0.15) is 17.3 Å². The summed E-state index contributed by atoms with van der Waals surface area (Å²) in [5.74, 6) is 1.88. The van der Waals surface area contributed by atoms with Crippen molar-refractivity contribution in [2.75, 3.05) is 19.6 Å². The predicted octanol–water partition coefficient (Wildman–Crippen LogP) is 3.35. The minimum Gasteiger partial charge on any atom is -0.508 e. The summed E-state index contributed by atoms with van der Waals surface area (Å²) in [5, 5.41) is 19.8. The third-order valence-corrected chi connectivity index (χ3v) is 5.61. The van der Waals surface area contributed by atoms with Crippen LogP contribution in [0.3, 0.4) is 0 Å². The largest absolute Gasteiger partial charge is 0.508 e. The lowest BCUT2D eigenvalue weighted by Crippen LogP contribution is -2.28. The molecule has 0 aromatic heterocycles. The fourth-order valence-electron chi connectivity index (χ4n) is 4.34. The van der Waals surface area contributed by atoms with Crippen LogP contribution in [0, 0.1) is 17.7 Å². The molecule has 4 atom stereocenters. The minimum atomic E-state index is -0.541. The highest BCUT2D eigenvalue weighted by atomic mass is 19.1. The number of ether oxygens (including phenoxy) is 1. The number of likely N-dealkylation sites (tertiary alicyclic amines) is 1. The molecule has 2 N–H and O–H groups in total. The molecular weight excluding hydrogens is 333 g/mol. The lowest BCUT2D eigenvalue weighted by molar-refractivity contribution is 0.116. The summed E-state index contributed by atoms with van der Waals surface area (Å²) < 4.78 is 19.0. The number of phenols is 1. The van der Waals surface area contributed by atoms with Crippen LogP contribution in [0.5, 0.6) is 11.5 Å². The van der Waals surface area contributed by atoms with E-state index in [4.69, 9.17) is 4.74 Å². The standard InChI is InChI=1S/C21H24FNO3/c22-17-3-7-19(8-4-17)26-20-9-15-11-23(12-16(15)10-20)13-21(25)14-1-5-18(24)6-2-14/h1-8,15-16,20-21,24-25H,9-13H2/t15-,16+,20?,21?. The number of β-amino-alcohol motifs (C(OH)–C–C–N with tert-alkyl or cyclic N) is 1. The molecule has 0 bridgehead atoms. The Balaban J connectivity index is 1.28. The highest BCUT2D eigenvalue weighted by Gasteiger charge is 2.42. The van der Waals surface area contributed by atoms with Gasteiger partial charge in [-0.25, -0.2) is 4.39 Å². The van der Waals surface area contributed by atoms with Crippen LogP contribution in [0.25, 0.3) is 0 Å². The number of aliphatic hydroxyl groups excluding tert-OH is 1. The van der Waals surface area contributed by atoms with Gasteiger partial charge in [-0.05, 0) is 66.6 Å². The van der Waals surface area contributed by atoms with Crippen molar-refractivity contribution in [1.29, 1.82) is 0 Å². The zero-order valence-electron chi connectivity index (χ0n) is 14.6. The highest BCUT2D eigenvalue weighted by molar-refractivity contribution is 5.27. The molecule has 2 aliphatic rings. The van der Waals surface area contributed by atoms with Crippen LogP contribution in [-0.4, -0.2) is 40.9 Å². The molecular formula is C21H24FNO3. The summed E-state index contributed by atoms with van der Waals surface area (Å²) in [6.07, 6.45) is 1.67. The van der Waals surface area contributed by atoms with E-state index in [-0.39, 0.29) is 17.7 Å². The summed E-state index contributed by atoms with van der Waals surface area (Å²) in [6.45, 7) is 2.56. The zero-order chi connectivity index (χ0) is 18.1. The van der Waals surface area contributed by atoms with E-state index in [2.05, 4.69) is 4.90 Å². The molecule has 1 aliphatic heterocycles. The van der Waals surface area contributed by atoms with Gasteiger partial charge in [-0.2, -0.15) is 0 Å². The number of hydrogen-bond acceptors (Lipinski definition) is 4. The highest BCUT2D eigenvalue weighted by Crippen LogP contribution is 2.40. The van der Waals surface area contributed by atoms with Gasteiger partial charge >= 0.3 is 0 Å². The number of aromatic hydroxyl groups is 1. The first-order valence-electron chi connectivity index (χ1n) is 9.18. The van der Waals surface area contributed by atoms with Crippen LogP contribution in [0.2, 0.25) is 0 Å². The van der Waals surface area contributed by atoms with Gasteiger partial charge in [-0.1, -0.05) is 12.1 Å². The normalized spacial score (nSPS) is 26.6.